The number of carboxylic acid groups (broad SMARTS) is 1. The minimum Gasteiger partial charge on any atom is -0.490 e. The van der Waals surface area contributed by atoms with Crippen LogP contribution in [0.5, 0.6) is 5.75 Å². The molecule has 0 spiro atoms. The molecule has 106 valence electrons. The summed E-state index contributed by atoms with van der Waals surface area (Å²) < 4.78 is 23.9. The van der Waals surface area contributed by atoms with Crippen LogP contribution in [-0.4, -0.2) is 29.9 Å². The van der Waals surface area contributed by atoms with E-state index in [9.17, 15) is 9.18 Å². The van der Waals surface area contributed by atoms with Gasteiger partial charge >= 0.3 is 5.97 Å². The number of anilines is 1. The smallest absolute Gasteiger partial charge is 0.341 e. The van der Waals surface area contributed by atoms with E-state index in [1.54, 1.807) is 0 Å². The highest BCUT2D eigenvalue weighted by molar-refractivity contribution is 5.96. The third-order valence-electron chi connectivity index (χ3n) is 2.24. The van der Waals surface area contributed by atoms with Crippen molar-refractivity contribution in [2.45, 2.75) is 26.4 Å². The highest BCUT2D eigenvalue weighted by Gasteiger charge is 2.19. The van der Waals surface area contributed by atoms with Crippen LogP contribution in [0.25, 0.3) is 0 Å². The molecule has 0 aliphatic heterocycles. The molecule has 0 unspecified atom stereocenters. The number of carbonyl (C=O) groups is 1. The predicted molar refractivity (Wildman–Crippen MR) is 69.0 cm³/mol. The van der Waals surface area contributed by atoms with Crippen LogP contribution in [0.4, 0.5) is 10.1 Å². The van der Waals surface area contributed by atoms with Crippen molar-refractivity contribution in [3.63, 3.8) is 0 Å². The molecule has 0 atom stereocenters. The minimum atomic E-state index is -1.33. The lowest BCUT2D eigenvalue weighted by atomic mass is 10.1. The van der Waals surface area contributed by atoms with Crippen LogP contribution >= 0.6 is 0 Å². The van der Waals surface area contributed by atoms with Gasteiger partial charge < -0.3 is 20.3 Å². The number of ether oxygens (including phenoxy) is 2. The second kappa shape index (κ2) is 5.88. The summed E-state index contributed by atoms with van der Waals surface area (Å²) in [5.74, 6) is -2.08. The van der Waals surface area contributed by atoms with Gasteiger partial charge in [0.1, 0.15) is 23.7 Å². The van der Waals surface area contributed by atoms with Crippen molar-refractivity contribution in [2.75, 3.05) is 18.9 Å². The number of aromatic carboxylic acids is 1. The lowest BCUT2D eigenvalue weighted by molar-refractivity contribution is -0.0164. The van der Waals surface area contributed by atoms with Gasteiger partial charge in [0.15, 0.2) is 0 Å². The average molecular weight is 271 g/mol. The summed E-state index contributed by atoms with van der Waals surface area (Å²) in [6.07, 6.45) is 0. The van der Waals surface area contributed by atoms with Crippen molar-refractivity contribution in [1.29, 1.82) is 0 Å². The van der Waals surface area contributed by atoms with Crippen molar-refractivity contribution in [3.05, 3.63) is 23.5 Å². The summed E-state index contributed by atoms with van der Waals surface area (Å²) in [5.41, 5.74) is 4.29. The van der Waals surface area contributed by atoms with Gasteiger partial charge in [0.2, 0.25) is 0 Å². The number of hydrogen-bond acceptors (Lipinski definition) is 4. The van der Waals surface area contributed by atoms with Gasteiger partial charge in [-0.25, -0.2) is 9.18 Å². The molecule has 0 aliphatic carbocycles. The summed E-state index contributed by atoms with van der Waals surface area (Å²) in [4.78, 5) is 11.0. The van der Waals surface area contributed by atoms with E-state index < -0.39 is 17.5 Å². The summed E-state index contributed by atoms with van der Waals surface area (Å²) in [6, 6.07) is 2.31. The standard InChI is InChI=1S/C13H18FNO4/c1-13(2,3)19-7-6-18-9-5-4-8(14)11(15)10(9)12(16)17/h4-5H,6-7,15H2,1-3H3,(H,16,17). The van der Waals surface area contributed by atoms with E-state index in [1.807, 2.05) is 20.8 Å². The Hall–Kier alpha value is -1.82. The molecule has 5 nitrogen and oxygen atoms in total. The molecular weight excluding hydrogens is 253 g/mol. The second-order valence-electron chi connectivity index (χ2n) is 4.95. The van der Waals surface area contributed by atoms with Gasteiger partial charge in [0.25, 0.3) is 0 Å². The zero-order valence-electron chi connectivity index (χ0n) is 11.2. The minimum absolute atomic E-state index is 0.0314. The largest absolute Gasteiger partial charge is 0.490 e. The molecule has 0 aliphatic rings. The van der Waals surface area contributed by atoms with Crippen LogP contribution < -0.4 is 10.5 Å². The summed E-state index contributed by atoms with van der Waals surface area (Å²) in [6.45, 7) is 6.13. The molecule has 0 saturated heterocycles. The molecule has 0 heterocycles. The number of rotatable bonds is 5. The van der Waals surface area contributed by atoms with E-state index in [4.69, 9.17) is 20.3 Å². The lowest BCUT2D eigenvalue weighted by Crippen LogP contribution is -2.22. The molecule has 1 rings (SSSR count). The third-order valence-corrected chi connectivity index (χ3v) is 2.24. The molecule has 0 fully saturated rings. The van der Waals surface area contributed by atoms with Gasteiger partial charge in [-0.15, -0.1) is 0 Å². The van der Waals surface area contributed by atoms with Crippen LogP contribution in [-0.2, 0) is 4.74 Å². The maximum atomic E-state index is 13.2. The van der Waals surface area contributed by atoms with E-state index in [1.165, 1.54) is 6.07 Å². The van der Waals surface area contributed by atoms with E-state index in [0.29, 0.717) is 6.61 Å². The molecular formula is C13H18FNO4. The fourth-order valence-electron chi connectivity index (χ4n) is 1.41. The van der Waals surface area contributed by atoms with Gasteiger partial charge in [-0.1, -0.05) is 0 Å². The Balaban J connectivity index is 2.74. The topological polar surface area (TPSA) is 81.8 Å². The molecule has 0 saturated carbocycles. The number of halogens is 1. The van der Waals surface area contributed by atoms with Crippen molar-refractivity contribution >= 4 is 11.7 Å². The van der Waals surface area contributed by atoms with Crippen molar-refractivity contribution in [3.8, 4) is 5.75 Å². The highest BCUT2D eigenvalue weighted by atomic mass is 19.1. The monoisotopic (exact) mass is 271 g/mol. The first-order valence-electron chi connectivity index (χ1n) is 5.80. The quantitative estimate of drug-likeness (QED) is 0.634. The van der Waals surface area contributed by atoms with Crippen LogP contribution in [0.2, 0.25) is 0 Å². The SMILES string of the molecule is CC(C)(C)OCCOc1ccc(F)c(N)c1C(=O)O. The zero-order valence-corrected chi connectivity index (χ0v) is 11.2. The first-order chi connectivity index (χ1) is 8.72. The molecule has 0 amide bonds. The number of hydrogen-bond donors (Lipinski definition) is 2. The maximum absolute atomic E-state index is 13.2. The third kappa shape index (κ3) is 4.40. The lowest BCUT2D eigenvalue weighted by Gasteiger charge is -2.20. The fourth-order valence-corrected chi connectivity index (χ4v) is 1.41. The van der Waals surface area contributed by atoms with Crippen LogP contribution in [0, 0.1) is 5.82 Å². The van der Waals surface area contributed by atoms with E-state index in [-0.39, 0.29) is 23.5 Å². The van der Waals surface area contributed by atoms with E-state index in [0.717, 1.165) is 6.07 Å². The second-order valence-corrected chi connectivity index (χ2v) is 4.95. The molecule has 1 aromatic rings. The molecule has 1 aromatic carbocycles. The number of nitrogens with two attached hydrogens (primary N) is 1. The van der Waals surface area contributed by atoms with Gasteiger partial charge in [-0.2, -0.15) is 0 Å². The number of nitrogen functional groups attached to an aromatic ring is 1. The summed E-state index contributed by atoms with van der Waals surface area (Å²) >= 11 is 0. The maximum Gasteiger partial charge on any atom is 0.341 e. The Morgan fingerprint density at radius 2 is 2.00 bits per heavy atom. The van der Waals surface area contributed by atoms with Gasteiger partial charge in [-0.3, -0.25) is 0 Å². The Morgan fingerprint density at radius 3 is 2.53 bits per heavy atom. The Morgan fingerprint density at radius 1 is 1.37 bits per heavy atom. The molecule has 0 bridgehead atoms. The fraction of sp³-hybridized carbons (Fsp3) is 0.462. The molecule has 0 aromatic heterocycles. The summed E-state index contributed by atoms with van der Waals surface area (Å²) in [5, 5.41) is 9.00. The Bertz CT molecular complexity index is 468. The van der Waals surface area contributed by atoms with Gasteiger partial charge in [0, 0.05) is 0 Å². The first kappa shape index (κ1) is 15.2. The normalized spacial score (nSPS) is 11.4. The predicted octanol–water partition coefficient (Wildman–Crippen LogP) is 2.30. The van der Waals surface area contributed by atoms with Crippen LogP contribution in [0.15, 0.2) is 12.1 Å². The Kier molecular flexibility index (Phi) is 4.72. The van der Waals surface area contributed by atoms with Gasteiger partial charge in [0.05, 0.1) is 17.9 Å². The van der Waals surface area contributed by atoms with Crippen molar-refractivity contribution < 1.29 is 23.8 Å². The van der Waals surface area contributed by atoms with E-state index in [2.05, 4.69) is 0 Å². The highest BCUT2D eigenvalue weighted by Crippen LogP contribution is 2.27. The van der Waals surface area contributed by atoms with Crippen LogP contribution in [0.1, 0.15) is 31.1 Å². The van der Waals surface area contributed by atoms with Crippen molar-refractivity contribution in [2.24, 2.45) is 0 Å². The van der Waals surface area contributed by atoms with Crippen molar-refractivity contribution in [1.82, 2.24) is 0 Å². The summed E-state index contributed by atoms with van der Waals surface area (Å²) in [7, 11) is 0. The number of benzene rings is 1. The molecule has 0 radical (unpaired) electrons. The first-order valence-corrected chi connectivity index (χ1v) is 5.80. The molecule has 3 N–H and O–H groups in total. The molecule has 19 heavy (non-hydrogen) atoms. The van der Waals surface area contributed by atoms with Gasteiger partial charge in [-0.05, 0) is 32.9 Å². The van der Waals surface area contributed by atoms with Crippen LogP contribution in [0.3, 0.4) is 0 Å². The number of carboxylic acids is 1. The average Bonchev–Trinajstić information content (AvgIpc) is 2.27. The molecule has 6 heteroatoms. The zero-order chi connectivity index (χ0) is 14.6. The Labute approximate surface area is 111 Å². The van der Waals surface area contributed by atoms with E-state index >= 15 is 0 Å².